The second kappa shape index (κ2) is 6.40. The topological polar surface area (TPSA) is 32.7 Å². The van der Waals surface area contributed by atoms with Crippen molar-refractivity contribution in [2.75, 3.05) is 27.7 Å². The Kier molecular flexibility index (Phi) is 4.83. The third-order valence-corrected chi connectivity index (χ3v) is 4.13. The molecule has 1 aliphatic carbocycles. The molecule has 0 aliphatic heterocycles. The number of rotatable bonds is 4. The Bertz CT molecular complexity index is 388. The van der Waals surface area contributed by atoms with Gasteiger partial charge in [0.25, 0.3) is 0 Å². The number of benzene rings is 1. The molecule has 1 aromatic rings. The Morgan fingerprint density at radius 1 is 1.21 bits per heavy atom. The van der Waals surface area contributed by atoms with Crippen LogP contribution in [0.2, 0.25) is 0 Å². The minimum atomic E-state index is -0.142. The maximum Gasteiger partial charge on any atom is 0.118 e. The van der Waals surface area contributed by atoms with Crippen molar-refractivity contribution in [1.82, 2.24) is 4.90 Å². The molecule has 1 fully saturated rings. The Morgan fingerprint density at radius 3 is 2.47 bits per heavy atom. The first-order chi connectivity index (χ1) is 9.10. The molecule has 1 saturated carbocycles. The summed E-state index contributed by atoms with van der Waals surface area (Å²) in [4.78, 5) is 2.17. The summed E-state index contributed by atoms with van der Waals surface area (Å²) < 4.78 is 5.20. The Hall–Kier alpha value is -1.06. The van der Waals surface area contributed by atoms with E-state index in [1.54, 1.807) is 7.11 Å². The number of methoxy groups -OCH3 is 1. The molecule has 2 rings (SSSR count). The van der Waals surface area contributed by atoms with E-state index >= 15 is 0 Å². The highest BCUT2D eigenvalue weighted by Crippen LogP contribution is 2.37. The van der Waals surface area contributed by atoms with Gasteiger partial charge in [0.1, 0.15) is 5.75 Å². The minimum Gasteiger partial charge on any atom is -0.497 e. The highest BCUT2D eigenvalue weighted by atomic mass is 16.5. The molecular weight excluding hydrogens is 238 g/mol. The van der Waals surface area contributed by atoms with Gasteiger partial charge in [-0.15, -0.1) is 0 Å². The largest absolute Gasteiger partial charge is 0.497 e. The highest BCUT2D eigenvalue weighted by Gasteiger charge is 2.30. The summed E-state index contributed by atoms with van der Waals surface area (Å²) in [5.41, 5.74) is 1.37. The molecule has 0 bridgehead atoms. The van der Waals surface area contributed by atoms with Crippen LogP contribution in [0.4, 0.5) is 0 Å². The lowest BCUT2D eigenvalue weighted by Crippen LogP contribution is -2.35. The maximum absolute atomic E-state index is 10.1. The second-order valence-corrected chi connectivity index (χ2v) is 5.87. The van der Waals surface area contributed by atoms with Gasteiger partial charge < -0.3 is 14.7 Å². The van der Waals surface area contributed by atoms with Crippen LogP contribution >= 0.6 is 0 Å². The van der Waals surface area contributed by atoms with E-state index in [1.165, 1.54) is 5.56 Å². The van der Waals surface area contributed by atoms with Crippen LogP contribution in [0.5, 0.6) is 5.75 Å². The van der Waals surface area contributed by atoms with Crippen LogP contribution in [-0.2, 0) is 0 Å². The van der Waals surface area contributed by atoms with Crippen LogP contribution in [0.15, 0.2) is 24.3 Å². The van der Waals surface area contributed by atoms with Crippen molar-refractivity contribution in [2.24, 2.45) is 5.92 Å². The minimum absolute atomic E-state index is 0.142. The van der Waals surface area contributed by atoms with Crippen molar-refractivity contribution in [3.8, 4) is 5.75 Å². The molecule has 1 aliphatic rings. The van der Waals surface area contributed by atoms with Gasteiger partial charge in [-0.2, -0.15) is 0 Å². The first-order valence-corrected chi connectivity index (χ1v) is 7.07. The zero-order chi connectivity index (χ0) is 13.8. The first kappa shape index (κ1) is 14.4. The lowest BCUT2D eigenvalue weighted by atomic mass is 9.76. The molecule has 0 spiro atoms. The quantitative estimate of drug-likeness (QED) is 0.906. The third kappa shape index (κ3) is 3.71. The van der Waals surface area contributed by atoms with Gasteiger partial charge in [-0.05, 0) is 62.9 Å². The standard InChI is InChI=1S/C16H25NO2/c1-17(2)11-14-10-13(6-9-16(14)18)12-4-7-15(19-3)8-5-12/h4-5,7-8,13-14,16,18H,6,9-11H2,1-3H3. The normalized spacial score (nSPS) is 27.5. The van der Waals surface area contributed by atoms with E-state index in [-0.39, 0.29) is 6.10 Å². The Morgan fingerprint density at radius 2 is 1.89 bits per heavy atom. The summed E-state index contributed by atoms with van der Waals surface area (Å²) in [5, 5.41) is 10.1. The summed E-state index contributed by atoms with van der Waals surface area (Å²) in [5.74, 6) is 1.86. The molecule has 3 unspecified atom stereocenters. The molecule has 19 heavy (non-hydrogen) atoms. The van der Waals surface area contributed by atoms with Crippen molar-refractivity contribution < 1.29 is 9.84 Å². The molecule has 0 amide bonds. The van der Waals surface area contributed by atoms with Crippen LogP contribution in [0.1, 0.15) is 30.7 Å². The van der Waals surface area contributed by atoms with Gasteiger partial charge in [-0.1, -0.05) is 12.1 Å². The van der Waals surface area contributed by atoms with Gasteiger partial charge in [0, 0.05) is 6.54 Å². The van der Waals surface area contributed by atoms with Crippen molar-refractivity contribution >= 4 is 0 Å². The number of aliphatic hydroxyl groups is 1. The zero-order valence-corrected chi connectivity index (χ0v) is 12.2. The van der Waals surface area contributed by atoms with Crippen molar-refractivity contribution in [3.05, 3.63) is 29.8 Å². The van der Waals surface area contributed by atoms with Gasteiger partial charge in [0.2, 0.25) is 0 Å². The van der Waals surface area contributed by atoms with E-state index in [0.717, 1.165) is 31.6 Å². The molecule has 0 radical (unpaired) electrons. The van der Waals surface area contributed by atoms with Crippen LogP contribution in [-0.4, -0.2) is 43.9 Å². The molecule has 3 atom stereocenters. The molecule has 106 valence electrons. The average molecular weight is 263 g/mol. The molecule has 0 heterocycles. The Labute approximate surface area is 116 Å². The molecule has 1 N–H and O–H groups in total. The van der Waals surface area contributed by atoms with Gasteiger partial charge in [-0.3, -0.25) is 0 Å². The lowest BCUT2D eigenvalue weighted by molar-refractivity contribution is 0.0479. The second-order valence-electron chi connectivity index (χ2n) is 5.87. The summed E-state index contributed by atoms with van der Waals surface area (Å²) in [6.07, 6.45) is 2.93. The predicted octanol–water partition coefficient (Wildman–Crippen LogP) is 2.50. The van der Waals surface area contributed by atoms with E-state index in [4.69, 9.17) is 4.74 Å². The number of nitrogens with zero attached hydrogens (tertiary/aromatic N) is 1. The first-order valence-electron chi connectivity index (χ1n) is 7.07. The van der Waals surface area contributed by atoms with Crippen LogP contribution < -0.4 is 4.74 Å². The zero-order valence-electron chi connectivity index (χ0n) is 12.2. The van der Waals surface area contributed by atoms with E-state index in [1.807, 2.05) is 12.1 Å². The molecule has 1 aromatic carbocycles. The predicted molar refractivity (Wildman–Crippen MR) is 77.6 cm³/mol. The molecule has 0 aromatic heterocycles. The summed E-state index contributed by atoms with van der Waals surface area (Å²) in [6.45, 7) is 0.966. The van der Waals surface area contributed by atoms with Gasteiger partial charge in [0.05, 0.1) is 13.2 Å². The van der Waals surface area contributed by atoms with Crippen LogP contribution in [0.25, 0.3) is 0 Å². The van der Waals surface area contributed by atoms with Crippen LogP contribution in [0, 0.1) is 5.92 Å². The SMILES string of the molecule is COc1ccc(C2CCC(O)C(CN(C)C)C2)cc1. The smallest absolute Gasteiger partial charge is 0.118 e. The van der Waals surface area contributed by atoms with Crippen molar-refractivity contribution in [1.29, 1.82) is 0 Å². The van der Waals surface area contributed by atoms with Crippen LogP contribution in [0.3, 0.4) is 0 Å². The van der Waals surface area contributed by atoms with Gasteiger partial charge in [-0.25, -0.2) is 0 Å². The maximum atomic E-state index is 10.1. The number of aliphatic hydroxyl groups excluding tert-OH is 1. The fourth-order valence-electron chi connectivity index (χ4n) is 3.09. The number of hydrogen-bond acceptors (Lipinski definition) is 3. The molecule has 3 nitrogen and oxygen atoms in total. The average Bonchev–Trinajstić information content (AvgIpc) is 2.41. The molecule has 3 heteroatoms. The van der Waals surface area contributed by atoms with Crippen molar-refractivity contribution in [2.45, 2.75) is 31.3 Å². The monoisotopic (exact) mass is 263 g/mol. The van der Waals surface area contributed by atoms with Gasteiger partial charge >= 0.3 is 0 Å². The number of hydrogen-bond donors (Lipinski definition) is 1. The highest BCUT2D eigenvalue weighted by molar-refractivity contribution is 5.29. The fraction of sp³-hybridized carbons (Fsp3) is 0.625. The van der Waals surface area contributed by atoms with Crippen molar-refractivity contribution in [3.63, 3.8) is 0 Å². The van der Waals surface area contributed by atoms with E-state index in [2.05, 4.69) is 31.1 Å². The molecule has 0 saturated heterocycles. The number of ether oxygens (including phenoxy) is 1. The lowest BCUT2D eigenvalue weighted by Gasteiger charge is -2.35. The fourth-order valence-corrected chi connectivity index (χ4v) is 3.09. The third-order valence-electron chi connectivity index (χ3n) is 4.13. The van der Waals surface area contributed by atoms with E-state index in [0.29, 0.717) is 11.8 Å². The van der Waals surface area contributed by atoms with E-state index in [9.17, 15) is 5.11 Å². The Balaban J connectivity index is 2.03. The van der Waals surface area contributed by atoms with E-state index < -0.39 is 0 Å². The summed E-state index contributed by atoms with van der Waals surface area (Å²) in [6, 6.07) is 8.38. The summed E-state index contributed by atoms with van der Waals surface area (Å²) >= 11 is 0. The van der Waals surface area contributed by atoms with Gasteiger partial charge in [0.15, 0.2) is 0 Å². The summed E-state index contributed by atoms with van der Waals surface area (Å²) in [7, 11) is 5.84. The molecular formula is C16H25NO2.